The van der Waals surface area contributed by atoms with Gasteiger partial charge in [0.25, 0.3) is 0 Å². The first-order valence-corrected chi connectivity index (χ1v) is 13.7. The number of unbranched alkanes of at least 4 members (excludes halogenated alkanes) is 3. The molecule has 0 amide bonds. The third kappa shape index (κ3) is 8.24. The quantitative estimate of drug-likeness (QED) is 0.201. The van der Waals surface area contributed by atoms with Crippen molar-refractivity contribution in [1.82, 2.24) is 4.72 Å². The molecular formula is C24H28Cl3NO5S. The molecule has 186 valence electrons. The van der Waals surface area contributed by atoms with Gasteiger partial charge in [0.2, 0.25) is 10.0 Å². The molecule has 2 aromatic carbocycles. The summed E-state index contributed by atoms with van der Waals surface area (Å²) in [6, 6.07) is 8.41. The molecular weight excluding hydrogens is 521 g/mol. The lowest BCUT2D eigenvalue weighted by atomic mass is 10.0. The summed E-state index contributed by atoms with van der Waals surface area (Å²) in [6.07, 6.45) is 5.17. The van der Waals surface area contributed by atoms with E-state index in [2.05, 4.69) is 4.72 Å². The van der Waals surface area contributed by atoms with E-state index >= 15 is 0 Å². The highest BCUT2D eigenvalue weighted by molar-refractivity contribution is 7.89. The van der Waals surface area contributed by atoms with E-state index in [-0.39, 0.29) is 38.5 Å². The van der Waals surface area contributed by atoms with Crippen LogP contribution in [-0.4, -0.2) is 31.3 Å². The van der Waals surface area contributed by atoms with E-state index in [1.165, 1.54) is 36.4 Å². The summed E-state index contributed by atoms with van der Waals surface area (Å²) in [5.74, 6) is -1.32. The topological polar surface area (TPSA) is 101 Å². The molecule has 0 radical (unpaired) electrons. The van der Waals surface area contributed by atoms with Crippen LogP contribution in [0.2, 0.25) is 15.1 Å². The largest absolute Gasteiger partial charge is 0.481 e. The Labute approximate surface area is 215 Å². The molecule has 10 heteroatoms. The maximum Gasteiger partial charge on any atom is 0.303 e. The second kappa shape index (κ2) is 13.4. The van der Waals surface area contributed by atoms with Gasteiger partial charge in [0.1, 0.15) is 4.90 Å². The standard InChI is InChI=1S/C24H28Cl3NO5S/c1-2-8-17(9-5-3-4-6-12-22(29)30)28-34(32,33)21-11-7-10-19(23(21)27)24(31)18-14-13-16(25)15-20(18)26/h7,10-11,13-15,17,28H,2-6,8-9,12H2,1H3,(H,29,30). The number of benzene rings is 2. The van der Waals surface area contributed by atoms with Crippen molar-refractivity contribution in [1.29, 1.82) is 0 Å². The monoisotopic (exact) mass is 547 g/mol. The number of carbonyl (C=O) groups is 2. The van der Waals surface area contributed by atoms with Gasteiger partial charge in [0.05, 0.1) is 10.0 Å². The summed E-state index contributed by atoms with van der Waals surface area (Å²) in [5.41, 5.74) is 0.196. The lowest BCUT2D eigenvalue weighted by Gasteiger charge is -2.19. The highest BCUT2D eigenvalue weighted by atomic mass is 35.5. The highest BCUT2D eigenvalue weighted by Gasteiger charge is 2.26. The third-order valence-electron chi connectivity index (χ3n) is 5.33. The Hall–Kier alpha value is -1.64. The molecule has 0 fully saturated rings. The molecule has 6 nitrogen and oxygen atoms in total. The van der Waals surface area contributed by atoms with Gasteiger partial charge in [-0.05, 0) is 49.6 Å². The van der Waals surface area contributed by atoms with Gasteiger partial charge in [-0.25, -0.2) is 13.1 Å². The van der Waals surface area contributed by atoms with Crippen molar-refractivity contribution < 1.29 is 23.1 Å². The van der Waals surface area contributed by atoms with Crippen LogP contribution >= 0.6 is 34.8 Å². The van der Waals surface area contributed by atoms with Crippen molar-refractivity contribution in [3.05, 3.63) is 62.6 Å². The van der Waals surface area contributed by atoms with E-state index in [0.717, 1.165) is 25.7 Å². The van der Waals surface area contributed by atoms with Crippen LogP contribution in [0.1, 0.15) is 74.2 Å². The number of aliphatic carboxylic acids is 1. The molecule has 0 heterocycles. The zero-order valence-corrected chi connectivity index (χ0v) is 21.9. The summed E-state index contributed by atoms with van der Waals surface area (Å²) in [6.45, 7) is 1.97. The molecule has 1 unspecified atom stereocenters. The van der Waals surface area contributed by atoms with E-state index in [1.807, 2.05) is 6.92 Å². The fraction of sp³-hybridized carbons (Fsp3) is 0.417. The molecule has 0 aliphatic carbocycles. The van der Waals surface area contributed by atoms with Gasteiger partial charge in [0, 0.05) is 28.6 Å². The van der Waals surface area contributed by atoms with Gasteiger partial charge in [-0.3, -0.25) is 9.59 Å². The first-order valence-electron chi connectivity index (χ1n) is 11.1. The number of ketones is 1. The normalized spacial score (nSPS) is 12.5. The lowest BCUT2D eigenvalue weighted by Crippen LogP contribution is -2.35. The average Bonchev–Trinajstić information content (AvgIpc) is 2.75. The molecule has 1 atom stereocenters. The highest BCUT2D eigenvalue weighted by Crippen LogP contribution is 2.30. The average molecular weight is 549 g/mol. The van der Waals surface area contributed by atoms with Crippen LogP contribution in [0, 0.1) is 0 Å². The number of carboxylic acids is 1. The first-order chi connectivity index (χ1) is 16.1. The molecule has 2 aromatic rings. The van der Waals surface area contributed by atoms with E-state index in [9.17, 15) is 18.0 Å². The predicted molar refractivity (Wildman–Crippen MR) is 136 cm³/mol. The minimum Gasteiger partial charge on any atom is -0.481 e. The van der Waals surface area contributed by atoms with E-state index in [1.54, 1.807) is 0 Å². The van der Waals surface area contributed by atoms with Crippen molar-refractivity contribution in [3.8, 4) is 0 Å². The number of halogens is 3. The van der Waals surface area contributed by atoms with Gasteiger partial charge >= 0.3 is 5.97 Å². The second-order valence-corrected chi connectivity index (χ2v) is 10.9. The van der Waals surface area contributed by atoms with Crippen LogP contribution in [0.4, 0.5) is 0 Å². The number of nitrogens with one attached hydrogen (secondary N) is 1. The molecule has 34 heavy (non-hydrogen) atoms. The summed E-state index contributed by atoms with van der Waals surface area (Å²) in [5, 5.41) is 9.05. The fourth-order valence-corrected chi connectivity index (χ4v) is 6.04. The van der Waals surface area contributed by atoms with Crippen molar-refractivity contribution in [2.24, 2.45) is 0 Å². The Morgan fingerprint density at radius 3 is 2.32 bits per heavy atom. The molecule has 2 N–H and O–H groups in total. The Morgan fingerprint density at radius 1 is 0.971 bits per heavy atom. The molecule has 0 aliphatic rings. The summed E-state index contributed by atoms with van der Waals surface area (Å²) >= 11 is 18.5. The maximum absolute atomic E-state index is 13.2. The van der Waals surface area contributed by atoms with Crippen molar-refractivity contribution in [3.63, 3.8) is 0 Å². The number of carbonyl (C=O) groups excluding carboxylic acids is 1. The molecule has 0 saturated carbocycles. The number of rotatable bonds is 14. The number of hydrogen-bond donors (Lipinski definition) is 2. The molecule has 0 aromatic heterocycles. The molecule has 0 bridgehead atoms. The second-order valence-electron chi connectivity index (χ2n) is 8.02. The molecule has 0 saturated heterocycles. The predicted octanol–water partition coefficient (Wildman–Crippen LogP) is 6.75. The lowest BCUT2D eigenvalue weighted by molar-refractivity contribution is -0.137. The third-order valence-corrected chi connectivity index (χ3v) is 7.96. The van der Waals surface area contributed by atoms with Crippen molar-refractivity contribution in [2.45, 2.75) is 69.2 Å². The Morgan fingerprint density at radius 2 is 1.68 bits per heavy atom. The molecule has 2 rings (SSSR count). The Bertz CT molecular complexity index is 1120. The van der Waals surface area contributed by atoms with E-state index in [4.69, 9.17) is 39.9 Å². The van der Waals surface area contributed by atoms with Crippen LogP contribution in [-0.2, 0) is 14.8 Å². The van der Waals surface area contributed by atoms with E-state index < -0.39 is 21.8 Å². The minimum absolute atomic E-state index is 0.0271. The van der Waals surface area contributed by atoms with Crippen LogP contribution in [0.25, 0.3) is 0 Å². The summed E-state index contributed by atoms with van der Waals surface area (Å²) in [4.78, 5) is 23.4. The van der Waals surface area contributed by atoms with Gasteiger partial charge in [-0.15, -0.1) is 0 Å². The zero-order valence-electron chi connectivity index (χ0n) is 18.8. The number of sulfonamides is 1. The number of hydrogen-bond acceptors (Lipinski definition) is 4. The van der Waals surface area contributed by atoms with Crippen LogP contribution in [0.15, 0.2) is 41.3 Å². The van der Waals surface area contributed by atoms with Crippen molar-refractivity contribution >= 4 is 56.6 Å². The van der Waals surface area contributed by atoms with Crippen LogP contribution in [0.3, 0.4) is 0 Å². The molecule has 0 aliphatic heterocycles. The SMILES string of the molecule is CCCC(CCCCCCC(=O)O)NS(=O)(=O)c1cccc(C(=O)c2ccc(Cl)cc2Cl)c1Cl. The smallest absolute Gasteiger partial charge is 0.303 e. The maximum atomic E-state index is 13.2. The van der Waals surface area contributed by atoms with Crippen LogP contribution < -0.4 is 4.72 Å². The fourth-order valence-electron chi connectivity index (χ4n) is 3.63. The number of carboxylic acid groups (broad SMARTS) is 1. The van der Waals surface area contributed by atoms with Gasteiger partial charge in [-0.2, -0.15) is 0 Å². The van der Waals surface area contributed by atoms with Gasteiger partial charge in [-0.1, -0.05) is 73.5 Å². The van der Waals surface area contributed by atoms with Crippen molar-refractivity contribution in [2.75, 3.05) is 0 Å². The van der Waals surface area contributed by atoms with Crippen LogP contribution in [0.5, 0.6) is 0 Å². The van der Waals surface area contributed by atoms with Gasteiger partial charge < -0.3 is 5.11 Å². The Balaban J connectivity index is 2.16. The first kappa shape index (κ1) is 28.6. The molecule has 0 spiro atoms. The zero-order chi connectivity index (χ0) is 25.3. The Kier molecular flexibility index (Phi) is 11.3. The van der Waals surface area contributed by atoms with Gasteiger partial charge in [0.15, 0.2) is 5.78 Å². The summed E-state index contributed by atoms with van der Waals surface area (Å²) in [7, 11) is -3.99. The summed E-state index contributed by atoms with van der Waals surface area (Å²) < 4.78 is 29.0. The van der Waals surface area contributed by atoms with E-state index in [0.29, 0.717) is 24.3 Å². The minimum atomic E-state index is -3.99.